The molecule has 0 saturated heterocycles. The molecule has 23 heteroatoms. The number of thiophene rings is 1. The Bertz CT molecular complexity index is 5870. The Labute approximate surface area is 675 Å². The summed E-state index contributed by atoms with van der Waals surface area (Å²) in [4.78, 5) is 105. The second-order valence-electron chi connectivity index (χ2n) is 29.1. The van der Waals surface area contributed by atoms with E-state index in [0.29, 0.717) is 156 Å². The van der Waals surface area contributed by atoms with Crippen LogP contribution in [0, 0.1) is 26.7 Å². The lowest BCUT2D eigenvalue weighted by Gasteiger charge is -2.35. The molecule has 15 rings (SSSR count). The molecule has 21 nitrogen and oxygen atoms in total. The van der Waals surface area contributed by atoms with Crippen molar-refractivity contribution in [2.45, 2.75) is 118 Å². The molecule has 0 radical (unpaired) electrons. The highest BCUT2D eigenvalue weighted by Crippen LogP contribution is 2.37. The number of fused-ring (bicyclic) bond motifs is 9. The molecule has 0 aliphatic carbocycles. The van der Waals surface area contributed by atoms with Crippen LogP contribution in [-0.4, -0.2) is 100 Å². The van der Waals surface area contributed by atoms with Crippen molar-refractivity contribution >= 4 is 107 Å². The SMILES string of the molecule is CCC(c1nc2c(oc3ccccc32)c(=O)n1Cc1ccccc1)N(CCCN)C(=O)c1ccc(C)cc1.CCC(c1nc2c(oc3ccccc32)c(=O)n1Cc1ccccc1)N(CCCN)C(=O)c1ccc(C)cc1.Cc1ccc(C(=O)N(CCCN)C(c2nc3c(oc4ccccc43)c(=O)n2Cc2ccc(Cl)s2)C(C)C)cc1. The van der Waals surface area contributed by atoms with Crippen LogP contribution in [0.1, 0.15) is 159 Å². The fourth-order valence-corrected chi connectivity index (χ4v) is 15.9. The normalized spacial score (nSPS) is 12.3. The average molecular weight is 1580 g/mol. The fourth-order valence-electron chi connectivity index (χ4n) is 14.8. The number of hydrogen-bond donors (Lipinski definition) is 3. The number of aromatic nitrogens is 6. The molecule has 3 amide bonds. The van der Waals surface area contributed by atoms with Crippen LogP contribution >= 0.6 is 22.9 Å². The van der Waals surface area contributed by atoms with E-state index in [0.717, 1.165) is 48.9 Å². The number of furan rings is 3. The van der Waals surface area contributed by atoms with E-state index < -0.39 is 18.1 Å². The Balaban J connectivity index is 0.000000150. The summed E-state index contributed by atoms with van der Waals surface area (Å²) in [6, 6.07) is 67.1. The molecule has 0 spiro atoms. The van der Waals surface area contributed by atoms with Crippen molar-refractivity contribution in [3.8, 4) is 0 Å². The minimum Gasteiger partial charge on any atom is -0.448 e. The molecule has 0 aliphatic rings. The van der Waals surface area contributed by atoms with Crippen LogP contribution in [0.2, 0.25) is 4.34 Å². The van der Waals surface area contributed by atoms with Crippen LogP contribution in [-0.2, 0) is 19.6 Å². The summed E-state index contributed by atoms with van der Waals surface area (Å²) in [7, 11) is 0. The number of benzene rings is 8. The predicted octanol–water partition coefficient (Wildman–Crippen LogP) is 17.3. The molecular weight excluding hydrogens is 1480 g/mol. The molecule has 8 aromatic carbocycles. The van der Waals surface area contributed by atoms with E-state index in [4.69, 9.17) is 57.0 Å². The van der Waals surface area contributed by atoms with Gasteiger partial charge in [-0.25, -0.2) is 15.0 Å². The number of carbonyl (C=O) groups is 3. The van der Waals surface area contributed by atoms with E-state index in [1.807, 2.05) is 282 Å². The maximum Gasteiger partial charge on any atom is 0.297 e. The summed E-state index contributed by atoms with van der Waals surface area (Å²) in [5, 5.41) is 2.32. The van der Waals surface area contributed by atoms with Crippen molar-refractivity contribution in [1.29, 1.82) is 0 Å². The molecule has 0 saturated carbocycles. The van der Waals surface area contributed by atoms with E-state index in [1.54, 1.807) is 13.7 Å². The van der Waals surface area contributed by atoms with Crippen molar-refractivity contribution in [2.24, 2.45) is 23.1 Å². The van der Waals surface area contributed by atoms with Crippen molar-refractivity contribution in [2.75, 3.05) is 39.3 Å². The van der Waals surface area contributed by atoms with Crippen molar-refractivity contribution in [1.82, 2.24) is 43.4 Å². The highest BCUT2D eigenvalue weighted by atomic mass is 35.5. The monoisotopic (exact) mass is 1580 g/mol. The van der Waals surface area contributed by atoms with Gasteiger partial charge < -0.3 is 45.2 Å². The number of nitrogens with zero attached hydrogens (tertiary/aromatic N) is 9. The second kappa shape index (κ2) is 36.9. The fraction of sp³-hybridized carbons (Fsp3) is 0.272. The first-order valence-electron chi connectivity index (χ1n) is 39.1. The van der Waals surface area contributed by atoms with Crippen molar-refractivity contribution in [3.05, 3.63) is 321 Å². The lowest BCUT2D eigenvalue weighted by Crippen LogP contribution is -2.42. The van der Waals surface area contributed by atoms with Gasteiger partial charge in [-0.15, -0.1) is 11.3 Å². The van der Waals surface area contributed by atoms with Gasteiger partial charge >= 0.3 is 0 Å². The van der Waals surface area contributed by atoms with Gasteiger partial charge in [0.05, 0.1) is 42.1 Å². The number of para-hydroxylation sites is 3. The maximum atomic E-state index is 14.0. The van der Waals surface area contributed by atoms with Crippen LogP contribution in [0.3, 0.4) is 0 Å². The topological polar surface area (TPSA) is 283 Å². The average Bonchev–Trinajstić information content (AvgIpc) is 1.64. The molecular formula is C92H95ClN12O9S. The quantitative estimate of drug-likeness (QED) is 0.0431. The van der Waals surface area contributed by atoms with Gasteiger partial charge in [-0.2, -0.15) is 0 Å². The Hall–Kier alpha value is -11.9. The molecule has 590 valence electrons. The smallest absolute Gasteiger partial charge is 0.297 e. The van der Waals surface area contributed by atoms with Crippen LogP contribution in [0.5, 0.6) is 0 Å². The summed E-state index contributed by atoms with van der Waals surface area (Å²) in [5.74, 6) is 1.19. The lowest BCUT2D eigenvalue weighted by atomic mass is 9.99. The molecule has 115 heavy (non-hydrogen) atoms. The largest absolute Gasteiger partial charge is 0.448 e. The zero-order valence-electron chi connectivity index (χ0n) is 65.7. The third-order valence-electron chi connectivity index (χ3n) is 20.7. The number of aryl methyl sites for hydroxylation is 3. The number of halogens is 1. The van der Waals surface area contributed by atoms with E-state index >= 15 is 0 Å². The molecule has 7 aromatic heterocycles. The van der Waals surface area contributed by atoms with Gasteiger partial charge in [0.1, 0.15) is 50.8 Å². The van der Waals surface area contributed by atoms with Gasteiger partial charge in [0.2, 0.25) is 16.7 Å². The third-order valence-corrected chi connectivity index (χ3v) is 21.9. The van der Waals surface area contributed by atoms with E-state index in [9.17, 15) is 28.8 Å². The van der Waals surface area contributed by atoms with E-state index in [1.165, 1.54) is 11.3 Å². The zero-order chi connectivity index (χ0) is 81.0. The summed E-state index contributed by atoms with van der Waals surface area (Å²) >= 11 is 7.64. The van der Waals surface area contributed by atoms with E-state index in [2.05, 4.69) is 0 Å². The van der Waals surface area contributed by atoms with Crippen LogP contribution < -0.4 is 33.9 Å². The zero-order valence-corrected chi connectivity index (χ0v) is 67.3. The summed E-state index contributed by atoms with van der Waals surface area (Å²) in [6.45, 7) is 17.6. The van der Waals surface area contributed by atoms with Gasteiger partial charge in [0, 0.05) is 57.4 Å². The third kappa shape index (κ3) is 17.7. The number of hydrogen-bond acceptors (Lipinski definition) is 16. The first kappa shape index (κ1) is 81.1. The minimum absolute atomic E-state index is 0.0575. The Morgan fingerprint density at radius 2 is 0.739 bits per heavy atom. The van der Waals surface area contributed by atoms with Gasteiger partial charge in [-0.1, -0.05) is 189 Å². The lowest BCUT2D eigenvalue weighted by molar-refractivity contribution is 0.0601. The van der Waals surface area contributed by atoms with Crippen LogP contribution in [0.4, 0.5) is 0 Å². The highest BCUT2D eigenvalue weighted by molar-refractivity contribution is 7.16. The standard InChI is InChI=1S/2C31H32N4O3.C30H31ClN4O3S/c2*1-3-25(34(19-9-18-32)30(36)23-16-14-21(2)15-17-23)29-33-27-24-12-7-8-13-26(24)38-28(27)31(37)35(29)20-22-10-5-4-6-11-22;1-18(2)26(34(16-6-15-32)29(36)20-11-9-19(3)10-12-20)28-33-25-22-7-4-5-8-23(22)38-27(25)30(37)35(28)17-21-13-14-24(31)39-21/h2*4-8,10-17,25H,3,9,18-20,32H2,1-2H3;4-5,7-14,18,26H,6,15-17,32H2,1-3H3. The van der Waals surface area contributed by atoms with Crippen molar-refractivity contribution in [3.63, 3.8) is 0 Å². The van der Waals surface area contributed by atoms with Crippen molar-refractivity contribution < 1.29 is 27.6 Å². The van der Waals surface area contributed by atoms with E-state index in [-0.39, 0.29) is 63.6 Å². The molecule has 6 N–H and O–H groups in total. The maximum absolute atomic E-state index is 14.0. The molecule has 0 aliphatic heterocycles. The van der Waals surface area contributed by atoms with Crippen LogP contribution in [0.25, 0.3) is 66.2 Å². The van der Waals surface area contributed by atoms with Gasteiger partial charge in [-0.05, 0) is 174 Å². The Kier molecular flexibility index (Phi) is 26.0. The first-order chi connectivity index (χ1) is 55.8. The van der Waals surface area contributed by atoms with Gasteiger partial charge in [0.25, 0.3) is 34.4 Å². The summed E-state index contributed by atoms with van der Waals surface area (Å²) in [6.07, 6.45) is 3.03. The first-order valence-corrected chi connectivity index (χ1v) is 40.3. The molecule has 3 unspecified atom stereocenters. The Morgan fingerprint density at radius 3 is 1.07 bits per heavy atom. The molecule has 15 aromatic rings. The molecule has 3 atom stereocenters. The number of nitrogens with two attached hydrogens (primary N) is 3. The predicted molar refractivity (Wildman–Crippen MR) is 458 cm³/mol. The summed E-state index contributed by atoms with van der Waals surface area (Å²) in [5.41, 5.74) is 27.8. The molecule has 7 heterocycles. The van der Waals surface area contributed by atoms with Crippen LogP contribution in [0.15, 0.2) is 246 Å². The summed E-state index contributed by atoms with van der Waals surface area (Å²) < 4.78 is 23.6. The van der Waals surface area contributed by atoms with Gasteiger partial charge in [-0.3, -0.25) is 42.5 Å². The number of amides is 3. The highest BCUT2D eigenvalue weighted by Gasteiger charge is 2.36. The number of carbonyl (C=O) groups excluding carboxylic acids is 3. The van der Waals surface area contributed by atoms with Gasteiger partial charge in [0.15, 0.2) is 0 Å². The molecule has 0 bridgehead atoms. The number of rotatable bonds is 27. The Morgan fingerprint density at radius 1 is 0.417 bits per heavy atom. The second-order valence-corrected chi connectivity index (χ2v) is 30.9. The molecule has 0 fully saturated rings. The minimum atomic E-state index is -0.494.